The molecule has 7 heteroatoms. The third-order valence-electron chi connectivity index (χ3n) is 3.39. The van der Waals surface area contributed by atoms with Crippen LogP contribution >= 0.6 is 15.9 Å². The van der Waals surface area contributed by atoms with Crippen LogP contribution < -0.4 is 9.62 Å². The van der Waals surface area contributed by atoms with E-state index in [-0.39, 0.29) is 24.9 Å². The first-order chi connectivity index (χ1) is 10.1. The van der Waals surface area contributed by atoms with Gasteiger partial charge in [-0.05, 0) is 44.0 Å². The van der Waals surface area contributed by atoms with Crippen LogP contribution in [0.3, 0.4) is 0 Å². The molecule has 1 amide bonds. The number of anilines is 1. The molecule has 0 aliphatic carbocycles. The molecule has 1 atom stereocenters. The molecule has 0 heterocycles. The van der Waals surface area contributed by atoms with E-state index in [0.29, 0.717) is 5.69 Å². The van der Waals surface area contributed by atoms with E-state index in [4.69, 9.17) is 0 Å². The Morgan fingerprint density at radius 2 is 2.05 bits per heavy atom. The van der Waals surface area contributed by atoms with Crippen molar-refractivity contribution in [2.45, 2.75) is 39.7 Å². The van der Waals surface area contributed by atoms with Gasteiger partial charge >= 0.3 is 0 Å². The van der Waals surface area contributed by atoms with Crippen LogP contribution in [0.4, 0.5) is 5.69 Å². The van der Waals surface area contributed by atoms with Gasteiger partial charge < -0.3 is 5.32 Å². The molecule has 0 radical (unpaired) electrons. The summed E-state index contributed by atoms with van der Waals surface area (Å²) in [4.78, 5) is 11.9. The van der Waals surface area contributed by atoms with E-state index >= 15 is 0 Å². The van der Waals surface area contributed by atoms with E-state index in [1.54, 1.807) is 12.1 Å². The number of hydrogen-bond donors (Lipinski definition) is 1. The minimum Gasteiger partial charge on any atom is -0.354 e. The summed E-state index contributed by atoms with van der Waals surface area (Å²) in [7, 11) is -3.44. The number of amides is 1. The van der Waals surface area contributed by atoms with Crippen molar-refractivity contribution in [2.75, 3.05) is 17.1 Å². The lowest BCUT2D eigenvalue weighted by molar-refractivity contribution is -0.121. The fourth-order valence-corrected chi connectivity index (χ4v) is 3.48. The summed E-state index contributed by atoms with van der Waals surface area (Å²) >= 11 is 3.36. The Bertz CT molecular complexity index is 632. The van der Waals surface area contributed by atoms with Crippen molar-refractivity contribution in [1.29, 1.82) is 0 Å². The first-order valence-corrected chi connectivity index (χ1v) is 9.82. The fraction of sp³-hybridized carbons (Fsp3) is 0.533. The van der Waals surface area contributed by atoms with Crippen LogP contribution in [0.5, 0.6) is 0 Å². The predicted octanol–water partition coefficient (Wildman–Crippen LogP) is 2.83. The number of aryl methyl sites for hydroxylation is 1. The molecule has 1 aromatic carbocycles. The van der Waals surface area contributed by atoms with Crippen LogP contribution in [-0.2, 0) is 14.8 Å². The number of carbonyl (C=O) groups is 1. The smallest absolute Gasteiger partial charge is 0.232 e. The van der Waals surface area contributed by atoms with E-state index in [1.165, 1.54) is 4.31 Å². The van der Waals surface area contributed by atoms with E-state index in [1.807, 2.05) is 26.8 Å². The highest BCUT2D eigenvalue weighted by atomic mass is 79.9. The summed E-state index contributed by atoms with van der Waals surface area (Å²) < 4.78 is 26.3. The van der Waals surface area contributed by atoms with Crippen LogP contribution in [0.25, 0.3) is 0 Å². The number of sulfonamides is 1. The van der Waals surface area contributed by atoms with Gasteiger partial charge in [0.25, 0.3) is 0 Å². The van der Waals surface area contributed by atoms with Crippen LogP contribution in [0.15, 0.2) is 22.7 Å². The molecule has 0 spiro atoms. The highest BCUT2D eigenvalue weighted by Gasteiger charge is 2.20. The molecule has 0 aliphatic rings. The van der Waals surface area contributed by atoms with Gasteiger partial charge in [-0.3, -0.25) is 9.10 Å². The van der Waals surface area contributed by atoms with Crippen molar-refractivity contribution in [3.05, 3.63) is 28.2 Å². The molecule has 22 heavy (non-hydrogen) atoms. The highest BCUT2D eigenvalue weighted by Crippen LogP contribution is 2.25. The number of nitrogens with one attached hydrogen (secondary N) is 1. The van der Waals surface area contributed by atoms with Gasteiger partial charge in [-0.1, -0.05) is 22.9 Å². The lowest BCUT2D eigenvalue weighted by atomic mass is 10.2. The van der Waals surface area contributed by atoms with Crippen LogP contribution in [0.1, 0.15) is 32.3 Å². The minimum absolute atomic E-state index is 0.0913. The molecular weight excluding hydrogens is 368 g/mol. The molecule has 5 nitrogen and oxygen atoms in total. The van der Waals surface area contributed by atoms with Gasteiger partial charge in [0.05, 0.1) is 11.9 Å². The lowest BCUT2D eigenvalue weighted by Crippen LogP contribution is -2.37. The van der Waals surface area contributed by atoms with Gasteiger partial charge in [0.1, 0.15) is 0 Å². The molecule has 0 fully saturated rings. The lowest BCUT2D eigenvalue weighted by Gasteiger charge is -2.24. The van der Waals surface area contributed by atoms with E-state index < -0.39 is 10.0 Å². The summed E-state index contributed by atoms with van der Waals surface area (Å²) in [6.07, 6.45) is 2.13. The summed E-state index contributed by atoms with van der Waals surface area (Å²) in [6.45, 7) is 5.88. The quantitative estimate of drug-likeness (QED) is 0.777. The largest absolute Gasteiger partial charge is 0.354 e. The second-order valence-corrected chi connectivity index (χ2v) is 8.22. The average Bonchev–Trinajstić information content (AvgIpc) is 2.39. The Morgan fingerprint density at radius 3 is 2.55 bits per heavy atom. The minimum atomic E-state index is -3.44. The Labute approximate surface area is 141 Å². The van der Waals surface area contributed by atoms with E-state index in [9.17, 15) is 13.2 Å². The zero-order valence-electron chi connectivity index (χ0n) is 13.4. The Morgan fingerprint density at radius 1 is 1.41 bits per heavy atom. The zero-order valence-corrected chi connectivity index (χ0v) is 15.8. The topological polar surface area (TPSA) is 66.5 Å². The molecule has 0 saturated heterocycles. The van der Waals surface area contributed by atoms with E-state index in [2.05, 4.69) is 21.2 Å². The summed E-state index contributed by atoms with van der Waals surface area (Å²) in [5.74, 6) is -0.141. The normalized spacial score (nSPS) is 12.8. The molecule has 0 aliphatic heterocycles. The molecule has 124 valence electrons. The van der Waals surface area contributed by atoms with Crippen LogP contribution in [-0.4, -0.2) is 33.2 Å². The second-order valence-electron chi connectivity index (χ2n) is 5.39. The van der Waals surface area contributed by atoms with Gasteiger partial charge in [0.2, 0.25) is 15.9 Å². The van der Waals surface area contributed by atoms with Gasteiger partial charge in [-0.25, -0.2) is 8.42 Å². The van der Waals surface area contributed by atoms with Crippen molar-refractivity contribution in [2.24, 2.45) is 0 Å². The number of rotatable bonds is 7. The van der Waals surface area contributed by atoms with Crippen molar-refractivity contribution in [3.63, 3.8) is 0 Å². The Kier molecular flexibility index (Phi) is 6.87. The third-order valence-corrected chi connectivity index (χ3v) is 5.06. The van der Waals surface area contributed by atoms with Crippen LogP contribution in [0.2, 0.25) is 0 Å². The van der Waals surface area contributed by atoms with Gasteiger partial charge in [0, 0.05) is 23.5 Å². The number of nitrogens with zero attached hydrogens (tertiary/aromatic N) is 1. The molecule has 1 aromatic rings. The Hall–Kier alpha value is -1.08. The van der Waals surface area contributed by atoms with Crippen molar-refractivity contribution in [3.8, 4) is 0 Å². The molecular formula is C15H23BrN2O3S. The average molecular weight is 391 g/mol. The SMILES string of the molecule is CCC(C)NC(=O)CCN(c1ccc(Br)cc1C)S(C)(=O)=O. The standard InChI is InChI=1S/C15H23BrN2O3S/c1-5-12(3)17-15(19)8-9-18(22(4,20)21)14-7-6-13(16)10-11(14)2/h6-7,10,12H,5,8-9H2,1-4H3,(H,17,19). The number of halogens is 1. The summed E-state index contributed by atoms with van der Waals surface area (Å²) in [5, 5.41) is 2.84. The first-order valence-electron chi connectivity index (χ1n) is 7.18. The summed E-state index contributed by atoms with van der Waals surface area (Å²) in [5.41, 5.74) is 1.43. The maximum absolute atomic E-state index is 12.0. The van der Waals surface area contributed by atoms with E-state index in [0.717, 1.165) is 22.7 Å². The number of carbonyl (C=O) groups excluding carboxylic acids is 1. The monoisotopic (exact) mass is 390 g/mol. The summed E-state index contributed by atoms with van der Waals surface area (Å²) in [6, 6.07) is 5.48. The van der Waals surface area contributed by atoms with Crippen LogP contribution in [0, 0.1) is 6.92 Å². The van der Waals surface area contributed by atoms with Crippen molar-refractivity contribution in [1.82, 2.24) is 5.32 Å². The molecule has 0 bridgehead atoms. The number of benzene rings is 1. The fourth-order valence-electron chi connectivity index (χ4n) is 2.02. The maximum Gasteiger partial charge on any atom is 0.232 e. The highest BCUT2D eigenvalue weighted by molar-refractivity contribution is 9.10. The van der Waals surface area contributed by atoms with Crippen molar-refractivity contribution < 1.29 is 13.2 Å². The van der Waals surface area contributed by atoms with Gasteiger partial charge in [0.15, 0.2) is 0 Å². The molecule has 0 aromatic heterocycles. The maximum atomic E-state index is 12.0. The zero-order chi connectivity index (χ0) is 16.9. The molecule has 1 rings (SSSR count). The number of hydrogen-bond acceptors (Lipinski definition) is 3. The second kappa shape index (κ2) is 7.97. The molecule has 0 saturated carbocycles. The van der Waals surface area contributed by atoms with Gasteiger partial charge in [-0.15, -0.1) is 0 Å². The Balaban J connectivity index is 2.90. The third kappa shape index (κ3) is 5.61. The first kappa shape index (κ1) is 19.0. The predicted molar refractivity (Wildman–Crippen MR) is 93.6 cm³/mol. The molecule has 1 unspecified atom stereocenters. The van der Waals surface area contributed by atoms with Crippen molar-refractivity contribution >= 4 is 37.5 Å². The molecule has 1 N–H and O–H groups in total. The van der Waals surface area contributed by atoms with Gasteiger partial charge in [-0.2, -0.15) is 0 Å².